The smallest absolute Gasteiger partial charge is 0.323 e. The molecular formula is C13H18N4O2. The van der Waals surface area contributed by atoms with Crippen molar-refractivity contribution in [3.05, 3.63) is 24.2 Å². The Morgan fingerprint density at radius 3 is 2.79 bits per heavy atom. The summed E-state index contributed by atoms with van der Waals surface area (Å²) in [6, 6.07) is -0.708. The van der Waals surface area contributed by atoms with Crippen molar-refractivity contribution >= 4 is 17.1 Å². The molecular weight excluding hydrogens is 244 g/mol. The van der Waals surface area contributed by atoms with E-state index in [4.69, 9.17) is 10.5 Å². The van der Waals surface area contributed by atoms with Gasteiger partial charge in [-0.1, -0.05) is 0 Å². The third-order valence-electron chi connectivity index (χ3n) is 2.53. The number of carbonyl (C=O) groups excluding carboxylic acids is 1. The van der Waals surface area contributed by atoms with Gasteiger partial charge in [0.15, 0.2) is 5.65 Å². The fraction of sp³-hybridized carbons (Fsp3) is 0.462. The molecule has 0 fully saturated rings. The highest BCUT2D eigenvalue weighted by molar-refractivity contribution is 5.79. The van der Waals surface area contributed by atoms with Gasteiger partial charge in [-0.25, -0.2) is 4.98 Å². The summed E-state index contributed by atoms with van der Waals surface area (Å²) in [5.74, 6) is -0.411. The van der Waals surface area contributed by atoms with Crippen molar-refractivity contribution in [2.45, 2.75) is 38.8 Å². The van der Waals surface area contributed by atoms with Crippen molar-refractivity contribution < 1.29 is 9.53 Å². The van der Waals surface area contributed by atoms with Gasteiger partial charge in [0.25, 0.3) is 0 Å². The van der Waals surface area contributed by atoms with Crippen molar-refractivity contribution in [1.82, 2.24) is 15.0 Å². The predicted octanol–water partition coefficient (Wildman–Crippen LogP) is 1.17. The van der Waals surface area contributed by atoms with E-state index in [-0.39, 0.29) is 0 Å². The Labute approximate surface area is 111 Å². The van der Waals surface area contributed by atoms with E-state index in [0.717, 1.165) is 11.1 Å². The van der Waals surface area contributed by atoms with Crippen molar-refractivity contribution in [1.29, 1.82) is 0 Å². The second kappa shape index (κ2) is 4.97. The molecule has 1 unspecified atom stereocenters. The summed E-state index contributed by atoms with van der Waals surface area (Å²) >= 11 is 0. The molecule has 1 atom stereocenters. The van der Waals surface area contributed by atoms with E-state index in [1.807, 2.05) is 20.8 Å². The number of hydrogen-bond donors (Lipinski definition) is 2. The Morgan fingerprint density at radius 2 is 2.11 bits per heavy atom. The Kier molecular flexibility index (Phi) is 3.53. The number of hydrogen-bond acceptors (Lipinski definition) is 5. The normalized spacial score (nSPS) is 13.5. The minimum atomic E-state index is -0.708. The summed E-state index contributed by atoms with van der Waals surface area (Å²) in [7, 11) is 0. The van der Waals surface area contributed by atoms with E-state index in [1.54, 1.807) is 18.6 Å². The average Bonchev–Trinajstić information content (AvgIpc) is 2.70. The Hall–Kier alpha value is -1.95. The van der Waals surface area contributed by atoms with Crippen LogP contribution in [0.15, 0.2) is 18.6 Å². The van der Waals surface area contributed by atoms with Crippen LogP contribution in [0, 0.1) is 0 Å². The van der Waals surface area contributed by atoms with Gasteiger partial charge in [-0.2, -0.15) is 0 Å². The minimum Gasteiger partial charge on any atom is -0.459 e. The van der Waals surface area contributed by atoms with E-state index in [0.29, 0.717) is 12.1 Å². The first-order valence-electron chi connectivity index (χ1n) is 6.12. The quantitative estimate of drug-likeness (QED) is 0.810. The zero-order valence-corrected chi connectivity index (χ0v) is 11.3. The summed E-state index contributed by atoms with van der Waals surface area (Å²) in [6.45, 7) is 5.44. The van der Waals surface area contributed by atoms with Gasteiger partial charge in [0.05, 0.1) is 0 Å². The van der Waals surface area contributed by atoms with Gasteiger partial charge in [0, 0.05) is 25.0 Å². The molecule has 0 aliphatic heterocycles. The van der Waals surface area contributed by atoms with Crippen molar-refractivity contribution in [3.8, 4) is 0 Å². The molecule has 2 aromatic rings. The van der Waals surface area contributed by atoms with Gasteiger partial charge < -0.3 is 15.5 Å². The lowest BCUT2D eigenvalue weighted by Crippen LogP contribution is -2.38. The highest BCUT2D eigenvalue weighted by atomic mass is 16.6. The molecule has 19 heavy (non-hydrogen) atoms. The second-order valence-electron chi connectivity index (χ2n) is 5.41. The number of aromatic nitrogens is 3. The number of H-pyrrole nitrogens is 1. The Bertz CT molecular complexity index is 586. The number of nitrogens with two attached hydrogens (primary N) is 1. The number of ether oxygens (including phenoxy) is 1. The molecule has 0 spiro atoms. The van der Waals surface area contributed by atoms with Crippen LogP contribution in [-0.2, 0) is 16.0 Å². The molecule has 6 nitrogen and oxygen atoms in total. The summed E-state index contributed by atoms with van der Waals surface area (Å²) < 4.78 is 5.25. The topological polar surface area (TPSA) is 93.9 Å². The third-order valence-corrected chi connectivity index (χ3v) is 2.53. The Balaban J connectivity index is 2.10. The van der Waals surface area contributed by atoms with Crippen LogP contribution >= 0.6 is 0 Å². The maximum absolute atomic E-state index is 11.8. The largest absolute Gasteiger partial charge is 0.459 e. The van der Waals surface area contributed by atoms with Crippen molar-refractivity contribution in [2.75, 3.05) is 0 Å². The molecule has 3 N–H and O–H groups in total. The van der Waals surface area contributed by atoms with Crippen LogP contribution in [0.1, 0.15) is 26.3 Å². The van der Waals surface area contributed by atoms with E-state index < -0.39 is 17.6 Å². The summed E-state index contributed by atoms with van der Waals surface area (Å²) in [5, 5.41) is 0. The molecule has 0 aliphatic carbocycles. The SMILES string of the molecule is CC(C)(C)OC(=O)C(N)Cc1c[nH]c2nccnc12. The molecule has 0 bridgehead atoms. The van der Waals surface area contributed by atoms with E-state index >= 15 is 0 Å². The zero-order chi connectivity index (χ0) is 14.0. The van der Waals surface area contributed by atoms with Gasteiger partial charge >= 0.3 is 5.97 Å². The highest BCUT2D eigenvalue weighted by Gasteiger charge is 2.23. The molecule has 2 aromatic heterocycles. The van der Waals surface area contributed by atoms with Crippen LogP contribution in [-0.4, -0.2) is 32.6 Å². The molecule has 102 valence electrons. The fourth-order valence-electron chi connectivity index (χ4n) is 1.76. The summed E-state index contributed by atoms with van der Waals surface area (Å²) in [4.78, 5) is 23.2. The molecule has 6 heteroatoms. The lowest BCUT2D eigenvalue weighted by Gasteiger charge is -2.22. The fourth-order valence-corrected chi connectivity index (χ4v) is 1.76. The molecule has 0 radical (unpaired) electrons. The number of carbonyl (C=O) groups is 1. The number of rotatable bonds is 3. The maximum Gasteiger partial charge on any atom is 0.323 e. The molecule has 0 aromatic carbocycles. The van der Waals surface area contributed by atoms with E-state index in [2.05, 4.69) is 15.0 Å². The molecule has 0 amide bonds. The van der Waals surface area contributed by atoms with Gasteiger partial charge in [0.2, 0.25) is 0 Å². The predicted molar refractivity (Wildman–Crippen MR) is 71.4 cm³/mol. The first kappa shape index (κ1) is 13.5. The molecule has 2 rings (SSSR count). The first-order valence-corrected chi connectivity index (χ1v) is 6.12. The molecule has 2 heterocycles. The average molecular weight is 262 g/mol. The van der Waals surface area contributed by atoms with Crippen LogP contribution in [0.3, 0.4) is 0 Å². The standard InChI is InChI=1S/C13H18N4O2/c1-13(2,3)19-12(18)9(14)6-8-7-17-11-10(8)15-4-5-16-11/h4-5,7,9H,6,14H2,1-3H3,(H,16,17). The monoisotopic (exact) mass is 262 g/mol. The lowest BCUT2D eigenvalue weighted by molar-refractivity contribution is -0.156. The second-order valence-corrected chi connectivity index (χ2v) is 5.41. The van der Waals surface area contributed by atoms with E-state index in [1.165, 1.54) is 0 Å². The van der Waals surface area contributed by atoms with Gasteiger partial charge in [-0.3, -0.25) is 9.78 Å². The summed E-state index contributed by atoms with van der Waals surface area (Å²) in [5.41, 5.74) is 7.63. The number of nitrogens with one attached hydrogen (secondary N) is 1. The number of fused-ring (bicyclic) bond motifs is 1. The molecule has 0 saturated carbocycles. The summed E-state index contributed by atoms with van der Waals surface area (Å²) in [6.07, 6.45) is 5.36. The molecule has 0 aliphatic rings. The minimum absolute atomic E-state index is 0.369. The highest BCUT2D eigenvalue weighted by Crippen LogP contribution is 2.15. The van der Waals surface area contributed by atoms with Crippen LogP contribution in [0.5, 0.6) is 0 Å². The van der Waals surface area contributed by atoms with Crippen LogP contribution in [0.4, 0.5) is 0 Å². The van der Waals surface area contributed by atoms with Crippen molar-refractivity contribution in [2.24, 2.45) is 5.73 Å². The zero-order valence-electron chi connectivity index (χ0n) is 11.3. The van der Waals surface area contributed by atoms with Crippen LogP contribution < -0.4 is 5.73 Å². The third kappa shape index (κ3) is 3.29. The number of aromatic amines is 1. The number of nitrogens with zero attached hydrogens (tertiary/aromatic N) is 2. The van der Waals surface area contributed by atoms with Gasteiger partial charge in [-0.05, 0) is 26.3 Å². The van der Waals surface area contributed by atoms with Crippen molar-refractivity contribution in [3.63, 3.8) is 0 Å². The van der Waals surface area contributed by atoms with E-state index in [9.17, 15) is 4.79 Å². The van der Waals surface area contributed by atoms with Crippen LogP contribution in [0.2, 0.25) is 0 Å². The first-order chi connectivity index (χ1) is 8.87. The van der Waals surface area contributed by atoms with Gasteiger partial charge in [0.1, 0.15) is 17.2 Å². The Morgan fingerprint density at radius 1 is 1.42 bits per heavy atom. The van der Waals surface area contributed by atoms with Crippen LogP contribution in [0.25, 0.3) is 11.2 Å². The molecule has 0 saturated heterocycles. The van der Waals surface area contributed by atoms with Gasteiger partial charge in [-0.15, -0.1) is 0 Å². The maximum atomic E-state index is 11.8. The lowest BCUT2D eigenvalue weighted by atomic mass is 10.1. The number of esters is 1.